The van der Waals surface area contributed by atoms with Gasteiger partial charge in [-0.15, -0.1) is 0 Å². The Labute approximate surface area is 261 Å². The van der Waals surface area contributed by atoms with Crippen molar-refractivity contribution in [3.05, 3.63) is 71.2 Å². The number of methoxy groups -OCH3 is 2. The second-order valence-electron chi connectivity index (χ2n) is 11.8. The maximum atomic E-state index is 14.9. The molecule has 0 fully saturated rings. The van der Waals surface area contributed by atoms with Crippen LogP contribution in [0.3, 0.4) is 0 Å². The van der Waals surface area contributed by atoms with Crippen molar-refractivity contribution in [3.63, 3.8) is 0 Å². The lowest BCUT2D eigenvalue weighted by molar-refractivity contribution is 0.0520. The molecular formula is C34H38N4O7. The molecule has 1 N–H and O–H groups in total. The van der Waals surface area contributed by atoms with Crippen LogP contribution in [0.4, 0.5) is 4.79 Å². The number of nitrogens with one attached hydrogen (secondary N) is 1. The fourth-order valence-corrected chi connectivity index (χ4v) is 5.65. The standard InChI is InChI=1S/C34H38N4O7/c1-10-44-32(40)28-19(2)38(35-33(41)45-34(3,4)5)30(24-17-36(6)26-13-11-20(42-8)15-22(24)26)29(28)31(39)25-18-37(7)27-14-12-21(43-9)16-23(25)27/h11-18H,10H2,1-9H3,(H,35,41). The van der Waals surface area contributed by atoms with E-state index in [4.69, 9.17) is 18.9 Å². The SMILES string of the molecule is CCOC(=O)c1c(C(=O)c2cn(C)c3ccc(OC)cc23)c(-c2cn(C)c3ccc(OC)cc23)n(NC(=O)OC(C)(C)C)c1C. The Morgan fingerprint density at radius 2 is 1.42 bits per heavy atom. The number of fused-ring (bicyclic) bond motifs is 2. The third kappa shape index (κ3) is 5.61. The zero-order valence-corrected chi connectivity index (χ0v) is 27.0. The topological polar surface area (TPSA) is 115 Å². The van der Waals surface area contributed by atoms with E-state index in [1.54, 1.807) is 61.1 Å². The van der Waals surface area contributed by atoms with Crippen molar-refractivity contribution >= 4 is 39.7 Å². The van der Waals surface area contributed by atoms with Gasteiger partial charge in [0.15, 0.2) is 5.78 Å². The van der Waals surface area contributed by atoms with Gasteiger partial charge in [0.2, 0.25) is 0 Å². The molecule has 236 valence electrons. The molecule has 0 aliphatic rings. The molecule has 0 atom stereocenters. The van der Waals surface area contributed by atoms with E-state index >= 15 is 0 Å². The summed E-state index contributed by atoms with van der Waals surface area (Å²) in [4.78, 5) is 41.8. The van der Waals surface area contributed by atoms with Crippen LogP contribution in [0, 0.1) is 6.92 Å². The second kappa shape index (κ2) is 11.7. The van der Waals surface area contributed by atoms with Crippen molar-refractivity contribution in [2.45, 2.75) is 40.2 Å². The second-order valence-corrected chi connectivity index (χ2v) is 11.8. The number of benzene rings is 2. The van der Waals surface area contributed by atoms with Crippen molar-refractivity contribution < 1.29 is 33.3 Å². The van der Waals surface area contributed by atoms with Gasteiger partial charge in [0.1, 0.15) is 17.1 Å². The van der Waals surface area contributed by atoms with Gasteiger partial charge in [-0.2, -0.15) is 0 Å². The summed E-state index contributed by atoms with van der Waals surface area (Å²) < 4.78 is 27.3. The molecule has 0 bridgehead atoms. The van der Waals surface area contributed by atoms with E-state index in [0.717, 1.165) is 16.4 Å². The Kier molecular flexibility index (Phi) is 8.14. The molecule has 3 aromatic heterocycles. The molecule has 0 spiro atoms. The first-order valence-corrected chi connectivity index (χ1v) is 14.5. The van der Waals surface area contributed by atoms with Crippen molar-refractivity contribution in [3.8, 4) is 22.8 Å². The van der Waals surface area contributed by atoms with Crippen LogP contribution in [0.15, 0.2) is 48.8 Å². The normalized spacial score (nSPS) is 11.6. The summed E-state index contributed by atoms with van der Waals surface area (Å²) in [7, 11) is 6.85. The predicted octanol–water partition coefficient (Wildman–Crippen LogP) is 6.35. The molecule has 0 radical (unpaired) electrons. The van der Waals surface area contributed by atoms with E-state index in [9.17, 15) is 14.4 Å². The highest BCUT2D eigenvalue weighted by Gasteiger charge is 2.35. The lowest BCUT2D eigenvalue weighted by Gasteiger charge is -2.21. The molecule has 5 aromatic rings. The summed E-state index contributed by atoms with van der Waals surface area (Å²) in [5, 5.41) is 1.39. The Morgan fingerprint density at radius 3 is 2.00 bits per heavy atom. The van der Waals surface area contributed by atoms with Gasteiger partial charge < -0.3 is 28.1 Å². The van der Waals surface area contributed by atoms with Crippen LogP contribution in [0.5, 0.6) is 11.5 Å². The molecule has 5 rings (SSSR count). The van der Waals surface area contributed by atoms with Gasteiger partial charge in [0.25, 0.3) is 0 Å². The number of nitrogens with zero attached hydrogens (tertiary/aromatic N) is 3. The van der Waals surface area contributed by atoms with E-state index < -0.39 is 23.4 Å². The van der Waals surface area contributed by atoms with Crippen LogP contribution in [0.25, 0.3) is 33.1 Å². The van der Waals surface area contributed by atoms with Crippen LogP contribution >= 0.6 is 0 Å². The summed E-state index contributed by atoms with van der Waals surface area (Å²) in [5.41, 5.74) is 5.28. The maximum absolute atomic E-state index is 14.9. The maximum Gasteiger partial charge on any atom is 0.426 e. The Morgan fingerprint density at radius 1 is 0.844 bits per heavy atom. The van der Waals surface area contributed by atoms with Gasteiger partial charge in [0.05, 0.1) is 43.3 Å². The summed E-state index contributed by atoms with van der Waals surface area (Å²) in [6.07, 6.45) is 2.82. The summed E-state index contributed by atoms with van der Waals surface area (Å²) in [6.45, 7) is 8.69. The van der Waals surface area contributed by atoms with E-state index in [1.165, 1.54) is 4.68 Å². The van der Waals surface area contributed by atoms with Crippen LogP contribution in [0.1, 0.15) is 59.7 Å². The Hall–Kier alpha value is -5.19. The zero-order valence-electron chi connectivity index (χ0n) is 27.0. The number of aryl methyl sites for hydroxylation is 2. The Bertz CT molecular complexity index is 1970. The number of aromatic nitrogens is 3. The lowest BCUT2D eigenvalue weighted by atomic mass is 9.95. The molecule has 11 heteroatoms. The largest absolute Gasteiger partial charge is 0.497 e. The molecule has 1 amide bonds. The fraction of sp³-hybridized carbons (Fsp3) is 0.324. The molecule has 45 heavy (non-hydrogen) atoms. The number of esters is 1. The minimum Gasteiger partial charge on any atom is -0.497 e. The molecular weight excluding hydrogens is 576 g/mol. The van der Waals surface area contributed by atoms with Crippen molar-refractivity contribution in [2.75, 3.05) is 26.3 Å². The number of rotatable bonds is 8. The van der Waals surface area contributed by atoms with Crippen LogP contribution in [0.2, 0.25) is 0 Å². The molecule has 0 saturated heterocycles. The molecule has 3 heterocycles. The first-order valence-electron chi connectivity index (χ1n) is 14.5. The van der Waals surface area contributed by atoms with Crippen molar-refractivity contribution in [1.29, 1.82) is 0 Å². The van der Waals surface area contributed by atoms with Crippen LogP contribution < -0.4 is 14.9 Å². The van der Waals surface area contributed by atoms with E-state index in [0.29, 0.717) is 39.4 Å². The van der Waals surface area contributed by atoms with Gasteiger partial charge in [-0.25, -0.2) is 15.0 Å². The third-order valence-corrected chi connectivity index (χ3v) is 7.61. The van der Waals surface area contributed by atoms with Gasteiger partial charge >= 0.3 is 12.1 Å². The molecule has 0 aliphatic heterocycles. The van der Waals surface area contributed by atoms with Crippen LogP contribution in [-0.4, -0.2) is 58.1 Å². The van der Waals surface area contributed by atoms with Crippen molar-refractivity contribution in [2.24, 2.45) is 14.1 Å². The van der Waals surface area contributed by atoms with Gasteiger partial charge in [-0.05, 0) is 71.0 Å². The van der Waals surface area contributed by atoms with E-state index in [1.807, 2.05) is 59.8 Å². The first-order chi connectivity index (χ1) is 21.3. The summed E-state index contributed by atoms with van der Waals surface area (Å²) in [5.74, 6) is 0.0548. The fourth-order valence-electron chi connectivity index (χ4n) is 5.65. The summed E-state index contributed by atoms with van der Waals surface area (Å²) in [6, 6.07) is 11.1. The van der Waals surface area contributed by atoms with Crippen LogP contribution in [-0.2, 0) is 23.6 Å². The van der Waals surface area contributed by atoms with Gasteiger partial charge in [-0.1, -0.05) is 0 Å². The summed E-state index contributed by atoms with van der Waals surface area (Å²) >= 11 is 0. The van der Waals surface area contributed by atoms with Gasteiger partial charge in [0, 0.05) is 59.4 Å². The molecule has 0 saturated carbocycles. The number of carbonyl (C=O) groups is 3. The third-order valence-electron chi connectivity index (χ3n) is 7.61. The molecule has 11 nitrogen and oxygen atoms in total. The Balaban J connectivity index is 1.89. The number of carbonyl (C=O) groups excluding carboxylic acids is 3. The molecule has 2 aromatic carbocycles. The minimum atomic E-state index is -0.803. The van der Waals surface area contributed by atoms with E-state index in [2.05, 4.69) is 5.43 Å². The predicted molar refractivity (Wildman–Crippen MR) is 172 cm³/mol. The highest BCUT2D eigenvalue weighted by atomic mass is 16.6. The first kappa shape index (κ1) is 31.2. The lowest BCUT2D eigenvalue weighted by Crippen LogP contribution is -2.32. The molecule has 0 aliphatic carbocycles. The molecule has 0 unspecified atom stereocenters. The average Bonchev–Trinajstić information content (AvgIpc) is 3.59. The highest BCUT2D eigenvalue weighted by molar-refractivity contribution is 6.24. The number of hydrogen-bond acceptors (Lipinski definition) is 7. The zero-order chi connectivity index (χ0) is 32.8. The van der Waals surface area contributed by atoms with E-state index in [-0.39, 0.29) is 17.7 Å². The van der Waals surface area contributed by atoms with Gasteiger partial charge in [-0.3, -0.25) is 9.47 Å². The number of ketones is 1. The monoisotopic (exact) mass is 614 g/mol. The average molecular weight is 615 g/mol. The number of ether oxygens (including phenoxy) is 4. The van der Waals surface area contributed by atoms with Crippen molar-refractivity contribution in [1.82, 2.24) is 13.8 Å². The number of amides is 1. The highest BCUT2D eigenvalue weighted by Crippen LogP contribution is 2.40. The quantitative estimate of drug-likeness (QED) is 0.160. The smallest absolute Gasteiger partial charge is 0.426 e. The minimum absolute atomic E-state index is 0.0349. The number of hydrogen-bond donors (Lipinski definition) is 1.